The molecule has 2 aromatic heterocycles. The Morgan fingerprint density at radius 3 is 2.67 bits per heavy atom. The number of nitrogens with two attached hydrogens (primary N) is 1. The van der Waals surface area contributed by atoms with Gasteiger partial charge in [0, 0.05) is 10.8 Å². The minimum atomic E-state index is 0.717. The molecule has 0 unspecified atom stereocenters. The first-order valence-electron chi connectivity index (χ1n) is 5.41. The van der Waals surface area contributed by atoms with E-state index in [1.54, 1.807) is 11.3 Å². The molecule has 0 amide bonds. The van der Waals surface area contributed by atoms with Gasteiger partial charge in [0.25, 0.3) is 0 Å². The predicted molar refractivity (Wildman–Crippen MR) is 67.9 cm³/mol. The van der Waals surface area contributed by atoms with Gasteiger partial charge in [0.2, 0.25) is 0 Å². The van der Waals surface area contributed by atoms with Crippen LogP contribution in [0.2, 0.25) is 0 Å². The van der Waals surface area contributed by atoms with Gasteiger partial charge in [0.15, 0.2) is 0 Å². The Bertz CT molecular complexity index is 492. The van der Waals surface area contributed by atoms with E-state index in [0.29, 0.717) is 5.92 Å². The fourth-order valence-electron chi connectivity index (χ4n) is 2.27. The molecule has 3 rings (SSSR count). The van der Waals surface area contributed by atoms with Crippen molar-refractivity contribution in [3.63, 3.8) is 0 Å². The molecule has 80 valence electrons. The van der Waals surface area contributed by atoms with Crippen LogP contribution in [-0.2, 0) is 0 Å². The Morgan fingerprint density at radius 2 is 2.00 bits per heavy atom. The van der Waals surface area contributed by atoms with Crippen LogP contribution in [0, 0.1) is 6.92 Å². The number of anilines is 1. The molecule has 1 saturated carbocycles. The molecular formula is C11H14N2S2. The largest absolute Gasteiger partial charge is 0.396 e. The van der Waals surface area contributed by atoms with Gasteiger partial charge in [-0.1, -0.05) is 12.8 Å². The van der Waals surface area contributed by atoms with Crippen molar-refractivity contribution in [2.75, 3.05) is 5.73 Å². The fourth-order valence-corrected chi connectivity index (χ4v) is 4.79. The number of nitrogens with zero attached hydrogens (tertiary/aromatic N) is 1. The summed E-state index contributed by atoms with van der Waals surface area (Å²) in [6.07, 6.45) is 5.37. The fraction of sp³-hybridized carbons (Fsp3) is 0.545. The lowest BCUT2D eigenvalue weighted by atomic mass is 10.1. The summed E-state index contributed by atoms with van der Waals surface area (Å²) in [6, 6.07) is 0. The molecule has 1 aliphatic carbocycles. The van der Waals surface area contributed by atoms with E-state index in [9.17, 15) is 0 Å². The Labute approximate surface area is 97.1 Å². The number of nitrogen functional groups attached to an aromatic ring is 1. The lowest BCUT2D eigenvalue weighted by molar-refractivity contribution is 0.718. The van der Waals surface area contributed by atoms with Crippen molar-refractivity contribution < 1.29 is 0 Å². The van der Waals surface area contributed by atoms with Crippen LogP contribution >= 0.6 is 22.7 Å². The van der Waals surface area contributed by atoms with E-state index in [1.807, 2.05) is 11.3 Å². The molecule has 0 atom stereocenters. The summed E-state index contributed by atoms with van der Waals surface area (Å²) in [6.45, 7) is 2.07. The minimum Gasteiger partial charge on any atom is -0.396 e. The van der Waals surface area contributed by atoms with E-state index in [-0.39, 0.29) is 0 Å². The molecule has 1 aliphatic rings. The van der Waals surface area contributed by atoms with Gasteiger partial charge in [-0.05, 0) is 19.8 Å². The van der Waals surface area contributed by atoms with E-state index >= 15 is 0 Å². The molecule has 0 spiro atoms. The number of thiazole rings is 1. The summed E-state index contributed by atoms with van der Waals surface area (Å²) >= 11 is 3.65. The van der Waals surface area contributed by atoms with E-state index in [0.717, 1.165) is 11.2 Å². The van der Waals surface area contributed by atoms with Gasteiger partial charge < -0.3 is 5.73 Å². The maximum absolute atomic E-state index is 6.00. The lowest BCUT2D eigenvalue weighted by Crippen LogP contribution is -1.91. The van der Waals surface area contributed by atoms with Crippen molar-refractivity contribution in [1.29, 1.82) is 0 Å². The number of rotatable bonds is 1. The zero-order chi connectivity index (χ0) is 10.4. The van der Waals surface area contributed by atoms with Crippen LogP contribution in [0.3, 0.4) is 0 Å². The van der Waals surface area contributed by atoms with Crippen molar-refractivity contribution in [3.8, 4) is 0 Å². The zero-order valence-electron chi connectivity index (χ0n) is 8.75. The van der Waals surface area contributed by atoms with Crippen LogP contribution < -0.4 is 5.73 Å². The van der Waals surface area contributed by atoms with Gasteiger partial charge in [0.05, 0.1) is 10.7 Å². The van der Waals surface area contributed by atoms with Crippen LogP contribution in [0.5, 0.6) is 0 Å². The van der Waals surface area contributed by atoms with Crippen molar-refractivity contribution >= 4 is 37.9 Å². The van der Waals surface area contributed by atoms with Crippen LogP contribution in [0.15, 0.2) is 0 Å². The number of hydrogen-bond acceptors (Lipinski definition) is 4. The molecule has 2 N–H and O–H groups in total. The molecular weight excluding hydrogens is 224 g/mol. The number of aromatic nitrogens is 1. The van der Waals surface area contributed by atoms with Gasteiger partial charge in [-0.25, -0.2) is 4.98 Å². The van der Waals surface area contributed by atoms with Gasteiger partial charge in [-0.2, -0.15) is 0 Å². The van der Waals surface area contributed by atoms with E-state index < -0.39 is 0 Å². The highest BCUT2D eigenvalue weighted by molar-refractivity contribution is 7.38. The first-order chi connectivity index (χ1) is 7.25. The van der Waals surface area contributed by atoms with Gasteiger partial charge in [-0.3, -0.25) is 0 Å². The number of aryl methyl sites for hydroxylation is 1. The average molecular weight is 238 g/mol. The third kappa shape index (κ3) is 1.47. The van der Waals surface area contributed by atoms with Gasteiger partial charge >= 0.3 is 0 Å². The summed E-state index contributed by atoms with van der Waals surface area (Å²) in [7, 11) is 0. The summed E-state index contributed by atoms with van der Waals surface area (Å²) in [5.74, 6) is 0.717. The Morgan fingerprint density at radius 1 is 1.27 bits per heavy atom. The van der Waals surface area contributed by atoms with Gasteiger partial charge in [0.1, 0.15) is 9.53 Å². The molecule has 2 nitrogen and oxygen atoms in total. The molecule has 2 aromatic rings. The molecule has 0 saturated heterocycles. The molecule has 0 aliphatic heterocycles. The number of fused-ring (bicyclic) bond motifs is 1. The van der Waals surface area contributed by atoms with E-state index in [4.69, 9.17) is 10.7 Å². The second-order valence-electron chi connectivity index (χ2n) is 4.24. The summed E-state index contributed by atoms with van der Waals surface area (Å²) in [4.78, 5) is 5.93. The van der Waals surface area contributed by atoms with E-state index in [2.05, 4.69) is 6.92 Å². The topological polar surface area (TPSA) is 38.9 Å². The highest BCUT2D eigenvalue weighted by atomic mass is 32.2. The first kappa shape index (κ1) is 9.60. The third-order valence-electron chi connectivity index (χ3n) is 3.20. The normalized spacial score (nSPS) is 17.9. The average Bonchev–Trinajstić information content (AvgIpc) is 2.86. The summed E-state index contributed by atoms with van der Waals surface area (Å²) < 4.78 is 1.31. The van der Waals surface area contributed by atoms with Crippen molar-refractivity contribution in [3.05, 3.63) is 9.88 Å². The Kier molecular flexibility index (Phi) is 2.21. The maximum Gasteiger partial charge on any atom is 0.116 e. The third-order valence-corrected chi connectivity index (χ3v) is 5.61. The van der Waals surface area contributed by atoms with Crippen molar-refractivity contribution in [2.45, 2.75) is 38.5 Å². The second-order valence-corrected chi connectivity index (χ2v) is 6.76. The van der Waals surface area contributed by atoms with E-state index in [1.165, 1.54) is 39.6 Å². The molecule has 0 aromatic carbocycles. The summed E-state index contributed by atoms with van der Waals surface area (Å²) in [5, 5.41) is 1.32. The maximum atomic E-state index is 6.00. The van der Waals surface area contributed by atoms with Crippen molar-refractivity contribution in [2.24, 2.45) is 0 Å². The predicted octanol–water partition coefficient (Wildman–Crippen LogP) is 3.91. The Balaban J connectivity index is 2.06. The van der Waals surface area contributed by atoms with Gasteiger partial charge in [-0.15, -0.1) is 22.7 Å². The molecule has 1 fully saturated rings. The lowest BCUT2D eigenvalue weighted by Gasteiger charge is -2.02. The zero-order valence-corrected chi connectivity index (χ0v) is 10.4. The molecule has 15 heavy (non-hydrogen) atoms. The van der Waals surface area contributed by atoms with Crippen LogP contribution in [0.4, 0.5) is 5.69 Å². The smallest absolute Gasteiger partial charge is 0.116 e. The van der Waals surface area contributed by atoms with Crippen LogP contribution in [-0.4, -0.2) is 4.98 Å². The van der Waals surface area contributed by atoms with Crippen molar-refractivity contribution in [1.82, 2.24) is 4.98 Å². The number of hydrogen-bond donors (Lipinski definition) is 1. The van der Waals surface area contributed by atoms with Crippen LogP contribution in [0.25, 0.3) is 9.53 Å². The second kappa shape index (κ2) is 3.46. The quantitative estimate of drug-likeness (QED) is 0.818. The first-order valence-corrected chi connectivity index (χ1v) is 7.04. The number of thiophene rings is 1. The van der Waals surface area contributed by atoms with Crippen LogP contribution in [0.1, 0.15) is 41.5 Å². The highest BCUT2D eigenvalue weighted by Gasteiger charge is 2.22. The molecule has 0 bridgehead atoms. The summed E-state index contributed by atoms with van der Waals surface area (Å²) in [5.41, 5.74) is 7.96. The molecule has 2 heterocycles. The molecule has 0 radical (unpaired) electrons. The SMILES string of the molecule is Cc1sc2sc(C3CCCC3)nc2c1N. The highest BCUT2D eigenvalue weighted by Crippen LogP contribution is 2.42. The molecule has 4 heteroatoms. The standard InChI is InChI=1S/C11H14N2S2/c1-6-8(12)9-11(14-6)15-10(13-9)7-4-2-3-5-7/h7H,2-5,12H2,1H3. The monoisotopic (exact) mass is 238 g/mol. The Hall–Kier alpha value is -0.610. The minimum absolute atomic E-state index is 0.717.